The molecule has 0 radical (unpaired) electrons. The summed E-state index contributed by atoms with van der Waals surface area (Å²) in [6.07, 6.45) is 0. The molecule has 2 aromatic rings. The molecule has 5 nitrogen and oxygen atoms in total. The van der Waals surface area contributed by atoms with Gasteiger partial charge in [-0.25, -0.2) is 4.98 Å². The minimum absolute atomic E-state index is 0.239. The van der Waals surface area contributed by atoms with E-state index in [0.717, 1.165) is 4.47 Å². The first-order chi connectivity index (χ1) is 9.45. The monoisotopic (exact) mass is 354 g/mol. The van der Waals surface area contributed by atoms with Crippen LogP contribution < -0.4 is 16.4 Å². The summed E-state index contributed by atoms with van der Waals surface area (Å²) in [5.41, 5.74) is 6.50. The average molecular weight is 355 g/mol. The summed E-state index contributed by atoms with van der Waals surface area (Å²) in [6.45, 7) is 4.00. The SMILES string of the molecule is CC(C)Nc1nc(N)c(C(=O)Nc2ccc(Br)cc2)s1. The maximum Gasteiger partial charge on any atom is 0.269 e. The van der Waals surface area contributed by atoms with Crippen LogP contribution in [-0.2, 0) is 0 Å². The molecule has 0 spiro atoms. The van der Waals surface area contributed by atoms with Crippen LogP contribution in [0.3, 0.4) is 0 Å². The standard InChI is InChI=1S/C13H15BrN4OS/c1-7(2)16-13-18-11(15)10(20-13)12(19)17-9-5-3-8(14)4-6-9/h3-7H,15H2,1-2H3,(H,16,18)(H,17,19). The molecule has 0 aliphatic rings. The summed E-state index contributed by atoms with van der Waals surface area (Å²) < 4.78 is 0.955. The van der Waals surface area contributed by atoms with Gasteiger partial charge in [0.1, 0.15) is 10.7 Å². The zero-order valence-electron chi connectivity index (χ0n) is 11.1. The molecule has 1 heterocycles. The van der Waals surface area contributed by atoms with Crippen LogP contribution in [0, 0.1) is 0 Å². The number of aromatic nitrogens is 1. The van der Waals surface area contributed by atoms with Crippen LogP contribution in [0.5, 0.6) is 0 Å². The van der Waals surface area contributed by atoms with Crippen molar-refractivity contribution in [3.05, 3.63) is 33.6 Å². The third-order valence-corrected chi connectivity index (χ3v) is 3.90. The lowest BCUT2D eigenvalue weighted by Gasteiger charge is -2.04. The van der Waals surface area contributed by atoms with Crippen LogP contribution in [-0.4, -0.2) is 16.9 Å². The second-order valence-corrected chi connectivity index (χ2v) is 6.41. The first kappa shape index (κ1) is 14.8. The molecule has 0 atom stereocenters. The number of hydrogen-bond donors (Lipinski definition) is 3. The van der Waals surface area contributed by atoms with Gasteiger partial charge in [-0.1, -0.05) is 27.3 Å². The molecule has 0 aliphatic carbocycles. The van der Waals surface area contributed by atoms with E-state index in [1.54, 1.807) is 0 Å². The molecule has 0 saturated carbocycles. The number of nitrogens with two attached hydrogens (primary N) is 1. The van der Waals surface area contributed by atoms with Gasteiger partial charge in [-0.3, -0.25) is 4.79 Å². The highest BCUT2D eigenvalue weighted by Crippen LogP contribution is 2.26. The number of carbonyl (C=O) groups excluding carboxylic acids is 1. The third kappa shape index (κ3) is 3.71. The lowest BCUT2D eigenvalue weighted by atomic mass is 10.3. The molecule has 1 amide bonds. The van der Waals surface area contributed by atoms with Gasteiger partial charge in [0.25, 0.3) is 5.91 Å². The summed E-state index contributed by atoms with van der Waals surface area (Å²) in [7, 11) is 0. The van der Waals surface area contributed by atoms with E-state index in [2.05, 4.69) is 31.5 Å². The number of anilines is 3. The van der Waals surface area contributed by atoms with E-state index in [-0.39, 0.29) is 17.8 Å². The van der Waals surface area contributed by atoms with Crippen molar-refractivity contribution in [3.63, 3.8) is 0 Å². The van der Waals surface area contributed by atoms with E-state index < -0.39 is 0 Å². The van der Waals surface area contributed by atoms with Gasteiger partial charge in [-0.15, -0.1) is 0 Å². The molecule has 0 unspecified atom stereocenters. The van der Waals surface area contributed by atoms with E-state index in [9.17, 15) is 4.79 Å². The zero-order valence-corrected chi connectivity index (χ0v) is 13.5. The van der Waals surface area contributed by atoms with Crippen LogP contribution in [0.2, 0.25) is 0 Å². The number of carbonyl (C=O) groups is 1. The Morgan fingerprint density at radius 2 is 2.00 bits per heavy atom. The van der Waals surface area contributed by atoms with Crippen molar-refractivity contribution >= 4 is 49.8 Å². The summed E-state index contributed by atoms with van der Waals surface area (Å²) in [5, 5.41) is 6.58. The molecule has 0 aliphatic heterocycles. The second kappa shape index (κ2) is 6.23. The average Bonchev–Trinajstić information content (AvgIpc) is 2.72. The first-order valence-corrected chi connectivity index (χ1v) is 7.66. The van der Waals surface area contributed by atoms with Crippen molar-refractivity contribution in [2.45, 2.75) is 19.9 Å². The quantitative estimate of drug-likeness (QED) is 0.783. The summed E-state index contributed by atoms with van der Waals surface area (Å²) in [5.74, 6) is -0.00751. The molecule has 1 aromatic carbocycles. The van der Waals surface area contributed by atoms with Gasteiger partial charge < -0.3 is 16.4 Å². The van der Waals surface area contributed by atoms with Gasteiger partial charge in [0.15, 0.2) is 5.13 Å². The topological polar surface area (TPSA) is 80.0 Å². The lowest BCUT2D eigenvalue weighted by molar-refractivity contribution is 0.103. The Labute approximate surface area is 129 Å². The van der Waals surface area contributed by atoms with Crippen LogP contribution in [0.1, 0.15) is 23.5 Å². The van der Waals surface area contributed by atoms with E-state index >= 15 is 0 Å². The van der Waals surface area contributed by atoms with Gasteiger partial charge in [0.05, 0.1) is 0 Å². The second-order valence-electron chi connectivity index (χ2n) is 4.49. The molecule has 7 heteroatoms. The number of nitrogen functional groups attached to an aromatic ring is 1. The number of nitrogens with zero attached hydrogens (tertiary/aromatic N) is 1. The Hall–Kier alpha value is -1.60. The Morgan fingerprint density at radius 1 is 1.35 bits per heavy atom. The number of nitrogens with one attached hydrogen (secondary N) is 2. The van der Waals surface area contributed by atoms with Crippen LogP contribution in [0.25, 0.3) is 0 Å². The number of halogens is 1. The van der Waals surface area contributed by atoms with E-state index in [4.69, 9.17) is 5.73 Å². The van der Waals surface area contributed by atoms with Gasteiger partial charge in [-0.2, -0.15) is 0 Å². The van der Waals surface area contributed by atoms with E-state index in [0.29, 0.717) is 15.7 Å². The maximum absolute atomic E-state index is 12.2. The van der Waals surface area contributed by atoms with Crippen LogP contribution >= 0.6 is 27.3 Å². The van der Waals surface area contributed by atoms with Crippen LogP contribution in [0.15, 0.2) is 28.7 Å². The van der Waals surface area contributed by atoms with E-state index in [1.165, 1.54) is 11.3 Å². The van der Waals surface area contributed by atoms with Crippen LogP contribution in [0.4, 0.5) is 16.6 Å². The first-order valence-electron chi connectivity index (χ1n) is 6.05. The molecule has 4 N–H and O–H groups in total. The van der Waals surface area contributed by atoms with Gasteiger partial charge in [-0.05, 0) is 38.1 Å². The molecule has 0 fully saturated rings. The highest BCUT2D eigenvalue weighted by Gasteiger charge is 2.16. The number of rotatable bonds is 4. The lowest BCUT2D eigenvalue weighted by Crippen LogP contribution is -2.12. The van der Waals surface area contributed by atoms with Gasteiger partial charge in [0.2, 0.25) is 0 Å². The smallest absolute Gasteiger partial charge is 0.269 e. The minimum Gasteiger partial charge on any atom is -0.382 e. The fourth-order valence-electron chi connectivity index (χ4n) is 1.52. The molecular weight excluding hydrogens is 340 g/mol. The molecule has 1 aromatic heterocycles. The van der Waals surface area contributed by atoms with Crippen molar-refractivity contribution in [2.75, 3.05) is 16.4 Å². The largest absolute Gasteiger partial charge is 0.382 e. The molecule has 20 heavy (non-hydrogen) atoms. The number of thiazole rings is 1. The number of benzene rings is 1. The van der Waals surface area contributed by atoms with Crippen molar-refractivity contribution in [2.24, 2.45) is 0 Å². The molecule has 2 rings (SSSR count). The summed E-state index contributed by atoms with van der Waals surface area (Å²) >= 11 is 4.60. The van der Waals surface area contributed by atoms with Crippen molar-refractivity contribution in [1.82, 2.24) is 4.98 Å². The third-order valence-electron chi connectivity index (χ3n) is 2.37. The minimum atomic E-state index is -0.251. The molecule has 0 saturated heterocycles. The summed E-state index contributed by atoms with van der Waals surface area (Å²) in [6, 6.07) is 7.58. The van der Waals surface area contributed by atoms with E-state index in [1.807, 2.05) is 38.1 Å². The maximum atomic E-state index is 12.2. The predicted molar refractivity (Wildman–Crippen MR) is 87.4 cm³/mol. The predicted octanol–water partition coefficient (Wildman–Crippen LogP) is 3.56. The normalized spacial score (nSPS) is 10.6. The fourth-order valence-corrected chi connectivity index (χ4v) is 2.71. The highest BCUT2D eigenvalue weighted by atomic mass is 79.9. The van der Waals surface area contributed by atoms with Gasteiger partial charge in [0, 0.05) is 16.2 Å². The Bertz CT molecular complexity index is 609. The summed E-state index contributed by atoms with van der Waals surface area (Å²) in [4.78, 5) is 16.7. The van der Waals surface area contributed by atoms with Gasteiger partial charge >= 0.3 is 0 Å². The van der Waals surface area contributed by atoms with Crippen molar-refractivity contribution in [1.29, 1.82) is 0 Å². The molecule has 0 bridgehead atoms. The highest BCUT2D eigenvalue weighted by molar-refractivity contribution is 9.10. The zero-order chi connectivity index (χ0) is 14.7. The fraction of sp³-hybridized carbons (Fsp3) is 0.231. The Morgan fingerprint density at radius 3 is 2.60 bits per heavy atom. The Kier molecular flexibility index (Phi) is 4.61. The van der Waals surface area contributed by atoms with Crippen molar-refractivity contribution in [3.8, 4) is 0 Å². The molecule has 106 valence electrons. The molecular formula is C13H15BrN4OS. The number of hydrogen-bond acceptors (Lipinski definition) is 5. The van der Waals surface area contributed by atoms with Crippen molar-refractivity contribution < 1.29 is 4.79 Å². The number of amides is 1. The Balaban J connectivity index is 2.12.